The molecule has 4 heteroatoms. The fraction of sp³-hybridized carbons (Fsp3) is 0.588. The summed E-state index contributed by atoms with van der Waals surface area (Å²) in [7, 11) is 0. The standard InChI is InChI=1S/C17H28N2O2/c1-5-13(6-2)12-19(7-3)17(20)16-14(18)10-9-11-15(16)21-8-4/h9-11,13H,5-8,12,18H2,1-4H3. The van der Waals surface area contributed by atoms with Crippen molar-refractivity contribution >= 4 is 11.6 Å². The third-order valence-corrected chi connectivity index (χ3v) is 3.87. The van der Waals surface area contributed by atoms with Crippen molar-refractivity contribution in [2.45, 2.75) is 40.5 Å². The molecule has 118 valence electrons. The molecule has 1 rings (SSSR count). The van der Waals surface area contributed by atoms with Crippen LogP contribution >= 0.6 is 0 Å². The molecule has 0 radical (unpaired) electrons. The van der Waals surface area contributed by atoms with Gasteiger partial charge in [-0.2, -0.15) is 0 Å². The summed E-state index contributed by atoms with van der Waals surface area (Å²) < 4.78 is 5.56. The van der Waals surface area contributed by atoms with Crippen molar-refractivity contribution in [2.75, 3.05) is 25.4 Å². The molecule has 0 heterocycles. The van der Waals surface area contributed by atoms with Gasteiger partial charge in [0.2, 0.25) is 0 Å². The van der Waals surface area contributed by atoms with E-state index in [9.17, 15) is 4.79 Å². The Hall–Kier alpha value is -1.71. The maximum absolute atomic E-state index is 12.8. The number of benzene rings is 1. The van der Waals surface area contributed by atoms with Gasteiger partial charge in [-0.05, 0) is 31.9 Å². The number of ether oxygens (including phenoxy) is 1. The fourth-order valence-corrected chi connectivity index (χ4v) is 2.43. The molecule has 21 heavy (non-hydrogen) atoms. The van der Waals surface area contributed by atoms with E-state index in [0.29, 0.717) is 36.1 Å². The lowest BCUT2D eigenvalue weighted by atomic mass is 10.0. The molecule has 0 aliphatic heterocycles. The van der Waals surface area contributed by atoms with Gasteiger partial charge < -0.3 is 15.4 Å². The highest BCUT2D eigenvalue weighted by Gasteiger charge is 2.22. The second kappa shape index (κ2) is 8.55. The van der Waals surface area contributed by atoms with Crippen LogP contribution in [0.3, 0.4) is 0 Å². The van der Waals surface area contributed by atoms with Crippen molar-refractivity contribution in [3.63, 3.8) is 0 Å². The van der Waals surface area contributed by atoms with Crippen LogP contribution in [0, 0.1) is 5.92 Å². The average Bonchev–Trinajstić information content (AvgIpc) is 2.48. The third kappa shape index (κ3) is 4.38. The maximum atomic E-state index is 12.8. The van der Waals surface area contributed by atoms with Crippen LogP contribution in [0.2, 0.25) is 0 Å². The summed E-state index contributed by atoms with van der Waals surface area (Å²) in [6.07, 6.45) is 2.14. The van der Waals surface area contributed by atoms with E-state index in [2.05, 4.69) is 13.8 Å². The van der Waals surface area contributed by atoms with E-state index in [-0.39, 0.29) is 5.91 Å². The zero-order valence-electron chi connectivity index (χ0n) is 13.7. The molecule has 0 aliphatic rings. The molecule has 0 spiro atoms. The van der Waals surface area contributed by atoms with Crippen LogP contribution in [0.5, 0.6) is 5.75 Å². The summed E-state index contributed by atoms with van der Waals surface area (Å²) in [6, 6.07) is 5.37. The summed E-state index contributed by atoms with van der Waals surface area (Å²) in [5.74, 6) is 1.06. The van der Waals surface area contributed by atoms with E-state index in [1.54, 1.807) is 12.1 Å². The number of nitrogen functional groups attached to an aromatic ring is 1. The first-order chi connectivity index (χ1) is 10.1. The molecule has 1 aromatic carbocycles. The number of carbonyl (C=O) groups is 1. The van der Waals surface area contributed by atoms with Crippen LogP contribution in [0.25, 0.3) is 0 Å². The summed E-state index contributed by atoms with van der Waals surface area (Å²) in [4.78, 5) is 14.7. The Morgan fingerprint density at radius 2 is 1.90 bits per heavy atom. The number of hydrogen-bond acceptors (Lipinski definition) is 3. The summed E-state index contributed by atoms with van der Waals surface area (Å²) in [5, 5.41) is 0. The number of amides is 1. The Labute approximate surface area is 128 Å². The SMILES string of the molecule is CCOc1cccc(N)c1C(=O)N(CC)CC(CC)CC. The second-order valence-corrected chi connectivity index (χ2v) is 5.18. The molecule has 0 saturated heterocycles. The highest BCUT2D eigenvalue weighted by atomic mass is 16.5. The van der Waals surface area contributed by atoms with Gasteiger partial charge in [0.25, 0.3) is 5.91 Å². The molecule has 0 aromatic heterocycles. The lowest BCUT2D eigenvalue weighted by Gasteiger charge is -2.26. The largest absolute Gasteiger partial charge is 0.493 e. The Morgan fingerprint density at radius 1 is 1.24 bits per heavy atom. The molecule has 0 atom stereocenters. The minimum Gasteiger partial charge on any atom is -0.493 e. The van der Waals surface area contributed by atoms with E-state index < -0.39 is 0 Å². The van der Waals surface area contributed by atoms with Crippen LogP contribution in [0.4, 0.5) is 5.69 Å². The molecule has 2 N–H and O–H groups in total. The van der Waals surface area contributed by atoms with Crippen LogP contribution in [0.15, 0.2) is 18.2 Å². The highest BCUT2D eigenvalue weighted by molar-refractivity contribution is 6.01. The lowest BCUT2D eigenvalue weighted by molar-refractivity contribution is 0.0732. The molecule has 0 bridgehead atoms. The third-order valence-electron chi connectivity index (χ3n) is 3.87. The molecule has 0 aliphatic carbocycles. The first-order valence-electron chi connectivity index (χ1n) is 7.89. The zero-order chi connectivity index (χ0) is 15.8. The van der Waals surface area contributed by atoms with Gasteiger partial charge in [0.15, 0.2) is 0 Å². The van der Waals surface area contributed by atoms with Gasteiger partial charge in [0, 0.05) is 18.8 Å². The summed E-state index contributed by atoms with van der Waals surface area (Å²) in [6.45, 7) is 10.2. The average molecular weight is 292 g/mol. The first-order valence-corrected chi connectivity index (χ1v) is 7.89. The highest BCUT2D eigenvalue weighted by Crippen LogP contribution is 2.26. The van der Waals surface area contributed by atoms with E-state index in [1.165, 1.54) is 0 Å². The molecule has 1 aromatic rings. The normalized spacial score (nSPS) is 10.7. The van der Waals surface area contributed by atoms with Crippen molar-refractivity contribution in [1.29, 1.82) is 0 Å². The predicted molar refractivity (Wildman–Crippen MR) is 87.7 cm³/mol. The van der Waals surface area contributed by atoms with E-state index in [4.69, 9.17) is 10.5 Å². The number of anilines is 1. The Bertz CT molecular complexity index is 456. The summed E-state index contributed by atoms with van der Waals surface area (Å²) in [5.41, 5.74) is 6.99. The van der Waals surface area contributed by atoms with Crippen molar-refractivity contribution in [3.05, 3.63) is 23.8 Å². The first kappa shape index (κ1) is 17.3. The zero-order valence-corrected chi connectivity index (χ0v) is 13.7. The van der Waals surface area contributed by atoms with Crippen LogP contribution in [-0.2, 0) is 0 Å². The van der Waals surface area contributed by atoms with Gasteiger partial charge in [-0.3, -0.25) is 4.79 Å². The van der Waals surface area contributed by atoms with Crippen LogP contribution in [0.1, 0.15) is 50.9 Å². The van der Waals surface area contributed by atoms with Gasteiger partial charge in [-0.25, -0.2) is 0 Å². The Morgan fingerprint density at radius 3 is 2.43 bits per heavy atom. The topological polar surface area (TPSA) is 55.6 Å². The van der Waals surface area contributed by atoms with Gasteiger partial charge in [-0.1, -0.05) is 32.8 Å². The monoisotopic (exact) mass is 292 g/mol. The molecule has 0 fully saturated rings. The second-order valence-electron chi connectivity index (χ2n) is 5.18. The molecule has 0 saturated carbocycles. The van der Waals surface area contributed by atoms with E-state index in [0.717, 1.165) is 19.4 Å². The molecule has 1 amide bonds. The van der Waals surface area contributed by atoms with Crippen molar-refractivity contribution in [2.24, 2.45) is 5.92 Å². The number of rotatable bonds is 8. The fourth-order valence-electron chi connectivity index (χ4n) is 2.43. The lowest BCUT2D eigenvalue weighted by Crippen LogP contribution is -2.35. The number of hydrogen-bond donors (Lipinski definition) is 1. The van der Waals surface area contributed by atoms with Gasteiger partial charge in [0.05, 0.1) is 6.61 Å². The minimum absolute atomic E-state index is 0.0362. The number of nitrogens with two attached hydrogens (primary N) is 1. The molecule has 4 nitrogen and oxygen atoms in total. The smallest absolute Gasteiger partial charge is 0.259 e. The van der Waals surface area contributed by atoms with Crippen molar-refractivity contribution in [3.8, 4) is 5.75 Å². The quantitative estimate of drug-likeness (QED) is 0.745. The minimum atomic E-state index is -0.0362. The maximum Gasteiger partial charge on any atom is 0.259 e. The Kier molecular flexibility index (Phi) is 7.06. The van der Waals surface area contributed by atoms with Crippen LogP contribution in [-0.4, -0.2) is 30.5 Å². The predicted octanol–water partition coefficient (Wildman–Crippen LogP) is 3.57. The molecular formula is C17H28N2O2. The van der Waals surface area contributed by atoms with Gasteiger partial charge in [-0.15, -0.1) is 0 Å². The van der Waals surface area contributed by atoms with Gasteiger partial charge in [0.1, 0.15) is 11.3 Å². The van der Waals surface area contributed by atoms with E-state index >= 15 is 0 Å². The van der Waals surface area contributed by atoms with E-state index in [1.807, 2.05) is 24.8 Å². The number of carbonyl (C=O) groups excluding carboxylic acids is 1. The Balaban J connectivity index is 3.04. The number of nitrogens with zero attached hydrogens (tertiary/aromatic N) is 1. The van der Waals surface area contributed by atoms with Crippen molar-refractivity contribution < 1.29 is 9.53 Å². The van der Waals surface area contributed by atoms with Crippen molar-refractivity contribution in [1.82, 2.24) is 4.90 Å². The van der Waals surface area contributed by atoms with Crippen LogP contribution < -0.4 is 10.5 Å². The molecular weight excluding hydrogens is 264 g/mol. The molecule has 0 unspecified atom stereocenters. The van der Waals surface area contributed by atoms with Gasteiger partial charge >= 0.3 is 0 Å². The summed E-state index contributed by atoms with van der Waals surface area (Å²) >= 11 is 0.